The molecule has 0 saturated heterocycles. The number of hydrogen-bond acceptors (Lipinski definition) is 1. The van der Waals surface area contributed by atoms with Crippen LogP contribution < -0.4 is 0 Å². The van der Waals surface area contributed by atoms with E-state index in [1.807, 2.05) is 0 Å². The SMILES string of the molecule is CCCCCCCCCCC[CH]SCCCCCC. The van der Waals surface area contributed by atoms with Crippen LogP contribution in [0.4, 0.5) is 0 Å². The Kier molecular flexibility index (Phi) is 18.7. The van der Waals surface area contributed by atoms with E-state index in [1.54, 1.807) is 0 Å². The third-order valence-corrected chi connectivity index (χ3v) is 4.65. The van der Waals surface area contributed by atoms with Crippen LogP contribution in [-0.4, -0.2) is 5.75 Å². The molecule has 0 aromatic carbocycles. The maximum absolute atomic E-state index is 2.45. The third kappa shape index (κ3) is 18.4. The molecular formula is C18H37S. The quantitative estimate of drug-likeness (QED) is 0.266. The van der Waals surface area contributed by atoms with Crippen molar-refractivity contribution >= 4 is 11.8 Å². The zero-order valence-electron chi connectivity index (χ0n) is 13.6. The van der Waals surface area contributed by atoms with Crippen molar-refractivity contribution in [3.63, 3.8) is 0 Å². The Morgan fingerprint density at radius 1 is 0.579 bits per heavy atom. The molecule has 0 aliphatic heterocycles. The largest absolute Gasteiger partial charge is 0.157 e. The molecule has 0 nitrogen and oxygen atoms in total. The summed E-state index contributed by atoms with van der Waals surface area (Å²) in [4.78, 5) is 0. The highest BCUT2D eigenvalue weighted by Crippen LogP contribution is 2.16. The second-order valence-corrected chi connectivity index (χ2v) is 6.79. The summed E-state index contributed by atoms with van der Waals surface area (Å²) in [5.74, 6) is 3.80. The van der Waals surface area contributed by atoms with Crippen LogP contribution in [0, 0.1) is 5.75 Å². The Hall–Kier alpha value is 0.350. The number of unbranched alkanes of at least 4 members (excludes halogenated alkanes) is 12. The average Bonchev–Trinajstić information content (AvgIpc) is 2.43. The van der Waals surface area contributed by atoms with Gasteiger partial charge in [-0.1, -0.05) is 90.9 Å². The molecule has 19 heavy (non-hydrogen) atoms. The van der Waals surface area contributed by atoms with Crippen molar-refractivity contribution in [3.05, 3.63) is 5.75 Å². The van der Waals surface area contributed by atoms with Crippen LogP contribution in [0.15, 0.2) is 0 Å². The molecule has 0 aromatic heterocycles. The van der Waals surface area contributed by atoms with Crippen molar-refractivity contribution in [2.75, 3.05) is 5.75 Å². The molecule has 0 heterocycles. The average molecular weight is 286 g/mol. The molecule has 1 radical (unpaired) electrons. The molecule has 0 amide bonds. The van der Waals surface area contributed by atoms with E-state index in [4.69, 9.17) is 0 Å². The first-order chi connectivity index (χ1) is 9.41. The van der Waals surface area contributed by atoms with E-state index in [0.29, 0.717) is 0 Å². The van der Waals surface area contributed by atoms with Crippen molar-refractivity contribution in [2.45, 2.75) is 104 Å². The summed E-state index contributed by atoms with van der Waals surface area (Å²) in [5.41, 5.74) is 0. The van der Waals surface area contributed by atoms with Crippen molar-refractivity contribution in [1.29, 1.82) is 0 Å². The molecule has 0 aromatic rings. The van der Waals surface area contributed by atoms with Crippen molar-refractivity contribution in [1.82, 2.24) is 0 Å². The monoisotopic (exact) mass is 285 g/mol. The number of hydrogen-bond donors (Lipinski definition) is 0. The van der Waals surface area contributed by atoms with Gasteiger partial charge in [-0.05, 0) is 18.6 Å². The van der Waals surface area contributed by atoms with Gasteiger partial charge in [0, 0.05) is 5.75 Å². The van der Waals surface area contributed by atoms with Crippen LogP contribution in [0.2, 0.25) is 0 Å². The Balaban J connectivity index is 2.88. The third-order valence-electron chi connectivity index (χ3n) is 3.66. The van der Waals surface area contributed by atoms with Gasteiger partial charge < -0.3 is 0 Å². The van der Waals surface area contributed by atoms with E-state index < -0.39 is 0 Å². The van der Waals surface area contributed by atoms with Crippen LogP contribution in [0.1, 0.15) is 104 Å². The van der Waals surface area contributed by atoms with Crippen molar-refractivity contribution in [3.8, 4) is 0 Å². The lowest BCUT2D eigenvalue weighted by molar-refractivity contribution is 0.565. The van der Waals surface area contributed by atoms with Gasteiger partial charge in [0.25, 0.3) is 0 Å². The van der Waals surface area contributed by atoms with Gasteiger partial charge in [-0.25, -0.2) is 0 Å². The number of rotatable bonds is 16. The Morgan fingerprint density at radius 3 is 1.63 bits per heavy atom. The maximum Gasteiger partial charge on any atom is 0.0166 e. The summed E-state index contributed by atoms with van der Waals surface area (Å²) in [6.07, 6.45) is 19.9. The van der Waals surface area contributed by atoms with Crippen LogP contribution in [-0.2, 0) is 0 Å². The highest BCUT2D eigenvalue weighted by molar-refractivity contribution is 8.01. The minimum atomic E-state index is 1.33. The van der Waals surface area contributed by atoms with Gasteiger partial charge >= 0.3 is 0 Å². The Morgan fingerprint density at radius 2 is 1.05 bits per heavy atom. The van der Waals surface area contributed by atoms with Crippen LogP contribution in [0.25, 0.3) is 0 Å². The predicted octanol–water partition coefficient (Wildman–Crippen LogP) is 7.38. The highest BCUT2D eigenvalue weighted by Gasteiger charge is 1.94. The molecule has 0 rings (SSSR count). The summed E-state index contributed by atoms with van der Waals surface area (Å²) in [7, 11) is 0. The molecular weight excluding hydrogens is 248 g/mol. The van der Waals surface area contributed by atoms with Gasteiger partial charge in [0.05, 0.1) is 0 Å². The summed E-state index contributed by atoms with van der Waals surface area (Å²) < 4.78 is 0. The molecule has 0 aliphatic carbocycles. The fourth-order valence-corrected chi connectivity index (χ4v) is 3.19. The van der Waals surface area contributed by atoms with Gasteiger partial charge in [0.2, 0.25) is 0 Å². The smallest absolute Gasteiger partial charge is 0.0166 e. The normalized spacial score (nSPS) is 11.1. The Bertz CT molecular complexity index is 129. The van der Waals surface area contributed by atoms with E-state index in [0.717, 1.165) is 0 Å². The molecule has 0 aliphatic rings. The molecule has 0 bridgehead atoms. The minimum absolute atomic E-state index is 1.33. The topological polar surface area (TPSA) is 0 Å². The van der Waals surface area contributed by atoms with Gasteiger partial charge in [0.15, 0.2) is 0 Å². The molecule has 1 heteroatoms. The molecule has 0 spiro atoms. The van der Waals surface area contributed by atoms with Gasteiger partial charge in [0.1, 0.15) is 0 Å². The summed E-state index contributed by atoms with van der Waals surface area (Å²) in [5, 5.41) is 0. The standard InChI is InChI=1S/C18H37S/c1-3-5-7-9-10-11-12-13-14-16-18-19-17-15-8-6-4-2/h18H,3-17H2,1-2H3. The summed E-state index contributed by atoms with van der Waals surface area (Å²) in [6.45, 7) is 4.57. The molecule has 0 atom stereocenters. The highest BCUT2D eigenvalue weighted by atomic mass is 32.2. The lowest BCUT2D eigenvalue weighted by Gasteiger charge is -2.03. The van der Waals surface area contributed by atoms with Crippen LogP contribution in [0.5, 0.6) is 0 Å². The first-order valence-electron chi connectivity index (χ1n) is 8.85. The lowest BCUT2D eigenvalue weighted by atomic mass is 10.1. The second-order valence-electron chi connectivity index (χ2n) is 5.72. The maximum atomic E-state index is 2.45. The van der Waals surface area contributed by atoms with Crippen LogP contribution >= 0.6 is 11.8 Å². The van der Waals surface area contributed by atoms with Crippen molar-refractivity contribution in [2.24, 2.45) is 0 Å². The lowest BCUT2D eigenvalue weighted by Crippen LogP contribution is -1.83. The molecule has 0 saturated carbocycles. The summed E-state index contributed by atoms with van der Waals surface area (Å²) in [6, 6.07) is 0. The second kappa shape index (κ2) is 18.4. The molecule has 0 unspecified atom stereocenters. The summed E-state index contributed by atoms with van der Waals surface area (Å²) >= 11 is 2.06. The minimum Gasteiger partial charge on any atom is -0.157 e. The van der Waals surface area contributed by atoms with E-state index in [1.165, 1.54) is 95.6 Å². The van der Waals surface area contributed by atoms with Crippen LogP contribution in [0.3, 0.4) is 0 Å². The van der Waals surface area contributed by atoms with E-state index >= 15 is 0 Å². The zero-order chi connectivity index (χ0) is 14.0. The van der Waals surface area contributed by atoms with Gasteiger partial charge in [-0.15, -0.1) is 0 Å². The van der Waals surface area contributed by atoms with Gasteiger partial charge in [-0.3, -0.25) is 0 Å². The van der Waals surface area contributed by atoms with Gasteiger partial charge in [-0.2, -0.15) is 11.8 Å². The van der Waals surface area contributed by atoms with Crippen molar-refractivity contribution < 1.29 is 0 Å². The number of thioether (sulfide) groups is 1. The first-order valence-corrected chi connectivity index (χ1v) is 9.90. The Labute approximate surface area is 127 Å². The first kappa shape index (κ1) is 19.4. The fourth-order valence-electron chi connectivity index (χ4n) is 2.32. The predicted molar refractivity (Wildman–Crippen MR) is 92.7 cm³/mol. The molecule has 115 valence electrons. The van der Waals surface area contributed by atoms with E-state index in [9.17, 15) is 0 Å². The molecule has 0 fully saturated rings. The van der Waals surface area contributed by atoms with E-state index in [-0.39, 0.29) is 0 Å². The van der Waals surface area contributed by atoms with E-state index in [2.05, 4.69) is 31.4 Å². The zero-order valence-corrected chi connectivity index (χ0v) is 14.4. The molecule has 0 N–H and O–H groups in total. The fraction of sp³-hybridized carbons (Fsp3) is 0.944.